The van der Waals surface area contributed by atoms with Gasteiger partial charge in [0, 0.05) is 5.69 Å². The Morgan fingerprint density at radius 1 is 1.32 bits per heavy atom. The average Bonchev–Trinajstić information content (AvgIpc) is 2.36. The first-order chi connectivity index (χ1) is 8.95. The molecule has 0 aliphatic carbocycles. The maximum atomic E-state index is 11.7. The normalized spacial score (nSPS) is 13.4. The predicted molar refractivity (Wildman–Crippen MR) is 71.1 cm³/mol. The van der Waals surface area contributed by atoms with Crippen LogP contribution in [0.4, 0.5) is 10.5 Å². The number of aryl methyl sites for hydroxylation is 1. The lowest BCUT2D eigenvalue weighted by Gasteiger charge is -2.18. The molecular formula is C13H18N2O4. The topological polar surface area (TPSA) is 98.7 Å². The first kappa shape index (κ1) is 15.0. The first-order valence-electron chi connectivity index (χ1n) is 6.02. The van der Waals surface area contributed by atoms with Gasteiger partial charge in [-0.3, -0.25) is 0 Å². The van der Waals surface area contributed by atoms with Crippen LogP contribution in [0.25, 0.3) is 0 Å². The standard InChI is InChI=1S/C13H18N2O4/c1-3-9-6-4-5-7-10(9)14-13(19)15-11(8(2)16)12(17)18/h4-8,11,16H,3H2,1-2H3,(H,17,18)(H2,14,15,19). The summed E-state index contributed by atoms with van der Waals surface area (Å²) in [6, 6.07) is 5.24. The number of nitrogens with one attached hydrogen (secondary N) is 2. The molecule has 0 fully saturated rings. The quantitative estimate of drug-likeness (QED) is 0.643. The molecule has 2 unspecified atom stereocenters. The molecule has 6 nitrogen and oxygen atoms in total. The fraction of sp³-hybridized carbons (Fsp3) is 0.385. The third-order valence-electron chi connectivity index (χ3n) is 2.68. The molecule has 2 atom stereocenters. The van der Waals surface area contributed by atoms with Gasteiger partial charge in [-0.25, -0.2) is 9.59 Å². The van der Waals surface area contributed by atoms with Crippen LogP contribution < -0.4 is 10.6 Å². The summed E-state index contributed by atoms with van der Waals surface area (Å²) in [6.07, 6.45) is -0.431. The van der Waals surface area contributed by atoms with Crippen molar-refractivity contribution in [1.82, 2.24) is 5.32 Å². The number of carbonyl (C=O) groups is 2. The fourth-order valence-electron chi connectivity index (χ4n) is 1.64. The van der Waals surface area contributed by atoms with Gasteiger partial charge in [0.25, 0.3) is 0 Å². The van der Waals surface area contributed by atoms with Crippen molar-refractivity contribution in [3.63, 3.8) is 0 Å². The van der Waals surface area contributed by atoms with Crippen LogP contribution in [-0.4, -0.2) is 34.4 Å². The highest BCUT2D eigenvalue weighted by Crippen LogP contribution is 2.15. The first-order valence-corrected chi connectivity index (χ1v) is 6.02. The zero-order chi connectivity index (χ0) is 14.4. The summed E-state index contributed by atoms with van der Waals surface area (Å²) in [5, 5.41) is 22.9. The van der Waals surface area contributed by atoms with Gasteiger partial charge in [-0.2, -0.15) is 0 Å². The van der Waals surface area contributed by atoms with E-state index in [0.717, 1.165) is 12.0 Å². The SMILES string of the molecule is CCc1ccccc1NC(=O)NC(C(=O)O)C(C)O. The maximum absolute atomic E-state index is 11.7. The third-order valence-corrected chi connectivity index (χ3v) is 2.68. The molecule has 104 valence electrons. The van der Waals surface area contributed by atoms with Crippen molar-refractivity contribution in [2.24, 2.45) is 0 Å². The number of hydrogen-bond donors (Lipinski definition) is 4. The Kier molecular flexibility index (Phi) is 5.32. The van der Waals surface area contributed by atoms with Gasteiger partial charge in [0.05, 0.1) is 6.10 Å². The minimum Gasteiger partial charge on any atom is -0.480 e. The minimum absolute atomic E-state index is 0.622. The van der Waals surface area contributed by atoms with Crippen molar-refractivity contribution in [3.05, 3.63) is 29.8 Å². The van der Waals surface area contributed by atoms with E-state index in [4.69, 9.17) is 5.11 Å². The molecule has 6 heteroatoms. The van der Waals surface area contributed by atoms with Gasteiger partial charge in [-0.15, -0.1) is 0 Å². The molecule has 0 radical (unpaired) electrons. The van der Waals surface area contributed by atoms with Gasteiger partial charge < -0.3 is 20.8 Å². The number of aliphatic carboxylic acids is 1. The number of aliphatic hydroxyl groups is 1. The number of carboxylic acids is 1. The number of rotatable bonds is 5. The van der Waals surface area contributed by atoms with E-state index in [2.05, 4.69) is 10.6 Å². The molecule has 0 heterocycles. The molecule has 4 N–H and O–H groups in total. The average molecular weight is 266 g/mol. The summed E-state index contributed by atoms with van der Waals surface area (Å²) in [5.74, 6) is -1.28. The zero-order valence-corrected chi connectivity index (χ0v) is 10.9. The van der Waals surface area contributed by atoms with Crippen LogP contribution >= 0.6 is 0 Å². The van der Waals surface area contributed by atoms with E-state index < -0.39 is 24.1 Å². The smallest absolute Gasteiger partial charge is 0.328 e. The number of carboxylic acid groups (broad SMARTS) is 1. The number of anilines is 1. The van der Waals surface area contributed by atoms with Crippen molar-refractivity contribution in [1.29, 1.82) is 0 Å². The predicted octanol–water partition coefficient (Wildman–Crippen LogP) is 1.20. The molecular weight excluding hydrogens is 248 g/mol. The second kappa shape index (κ2) is 6.75. The summed E-state index contributed by atoms with van der Waals surface area (Å²) in [4.78, 5) is 22.6. The molecule has 1 rings (SSSR count). The molecule has 0 saturated heterocycles. The van der Waals surface area contributed by atoms with Crippen molar-refractivity contribution in [2.75, 3.05) is 5.32 Å². The van der Waals surface area contributed by atoms with Gasteiger partial charge in [0.1, 0.15) is 0 Å². The molecule has 0 bridgehead atoms. The van der Waals surface area contributed by atoms with Crippen molar-refractivity contribution < 1.29 is 19.8 Å². The van der Waals surface area contributed by atoms with Crippen molar-refractivity contribution >= 4 is 17.7 Å². The number of benzene rings is 1. The van der Waals surface area contributed by atoms with Crippen LogP contribution in [0.1, 0.15) is 19.4 Å². The van der Waals surface area contributed by atoms with Crippen molar-refractivity contribution in [3.8, 4) is 0 Å². The van der Waals surface area contributed by atoms with Crippen LogP contribution in [0, 0.1) is 0 Å². The lowest BCUT2D eigenvalue weighted by atomic mass is 10.1. The van der Waals surface area contributed by atoms with Crippen LogP contribution in [0.15, 0.2) is 24.3 Å². The van der Waals surface area contributed by atoms with E-state index >= 15 is 0 Å². The van der Waals surface area contributed by atoms with E-state index in [1.54, 1.807) is 12.1 Å². The highest BCUT2D eigenvalue weighted by atomic mass is 16.4. The highest BCUT2D eigenvalue weighted by Gasteiger charge is 2.25. The van der Waals surface area contributed by atoms with Gasteiger partial charge in [0.2, 0.25) is 0 Å². The summed E-state index contributed by atoms with van der Waals surface area (Å²) in [7, 11) is 0. The van der Waals surface area contributed by atoms with Gasteiger partial charge in [0.15, 0.2) is 6.04 Å². The number of amides is 2. The third kappa shape index (κ3) is 4.26. The van der Waals surface area contributed by atoms with E-state index in [1.807, 2.05) is 19.1 Å². The second-order valence-electron chi connectivity index (χ2n) is 4.17. The molecule has 19 heavy (non-hydrogen) atoms. The maximum Gasteiger partial charge on any atom is 0.328 e. The van der Waals surface area contributed by atoms with Crippen LogP contribution in [0.3, 0.4) is 0 Å². The van der Waals surface area contributed by atoms with Gasteiger partial charge >= 0.3 is 12.0 Å². The Hall–Kier alpha value is -2.08. The summed E-state index contributed by atoms with van der Waals surface area (Å²) in [6.45, 7) is 3.26. The summed E-state index contributed by atoms with van der Waals surface area (Å²) < 4.78 is 0. The fourth-order valence-corrected chi connectivity index (χ4v) is 1.64. The Labute approximate surface area is 111 Å². The number of aliphatic hydroxyl groups excluding tert-OH is 1. The number of urea groups is 1. The molecule has 1 aromatic carbocycles. The van der Waals surface area contributed by atoms with Crippen LogP contribution in [0.2, 0.25) is 0 Å². The molecule has 0 aliphatic heterocycles. The summed E-state index contributed by atoms with van der Waals surface area (Å²) >= 11 is 0. The minimum atomic E-state index is -1.34. The lowest BCUT2D eigenvalue weighted by molar-refractivity contribution is -0.141. The van der Waals surface area contributed by atoms with Crippen LogP contribution in [0.5, 0.6) is 0 Å². The second-order valence-corrected chi connectivity index (χ2v) is 4.17. The van der Waals surface area contributed by atoms with E-state index in [1.165, 1.54) is 6.92 Å². The zero-order valence-electron chi connectivity index (χ0n) is 10.9. The largest absolute Gasteiger partial charge is 0.480 e. The Bertz CT molecular complexity index is 460. The van der Waals surface area contributed by atoms with E-state index in [9.17, 15) is 14.7 Å². The Morgan fingerprint density at radius 2 is 1.95 bits per heavy atom. The lowest BCUT2D eigenvalue weighted by Crippen LogP contribution is -2.49. The molecule has 0 aromatic heterocycles. The number of para-hydroxylation sites is 1. The molecule has 0 aliphatic rings. The molecule has 2 amide bonds. The van der Waals surface area contributed by atoms with E-state index in [-0.39, 0.29) is 0 Å². The van der Waals surface area contributed by atoms with E-state index in [0.29, 0.717) is 5.69 Å². The molecule has 1 aromatic rings. The van der Waals surface area contributed by atoms with Gasteiger partial charge in [-0.05, 0) is 25.0 Å². The Morgan fingerprint density at radius 3 is 2.47 bits per heavy atom. The molecule has 0 saturated carbocycles. The number of carbonyl (C=O) groups excluding carboxylic acids is 1. The van der Waals surface area contributed by atoms with Crippen molar-refractivity contribution in [2.45, 2.75) is 32.4 Å². The molecule has 0 spiro atoms. The Balaban J connectivity index is 2.72. The summed E-state index contributed by atoms with van der Waals surface area (Å²) in [5.41, 5.74) is 1.57. The monoisotopic (exact) mass is 266 g/mol. The highest BCUT2D eigenvalue weighted by molar-refractivity contribution is 5.93. The number of hydrogen-bond acceptors (Lipinski definition) is 3. The van der Waals surface area contributed by atoms with Crippen LogP contribution in [-0.2, 0) is 11.2 Å². The van der Waals surface area contributed by atoms with Gasteiger partial charge in [-0.1, -0.05) is 25.1 Å².